The smallest absolute Gasteiger partial charge is 0.0564 e. The fraction of sp³-hybridized carbons (Fsp3) is 1.00. The zero-order valence-corrected chi connectivity index (χ0v) is 9.57. The van der Waals surface area contributed by atoms with Gasteiger partial charge in [-0.25, -0.2) is 0 Å². The summed E-state index contributed by atoms with van der Waals surface area (Å²) in [4.78, 5) is 2.58. The fourth-order valence-electron chi connectivity index (χ4n) is 3.06. The Bertz CT molecular complexity index is 190. The van der Waals surface area contributed by atoms with Crippen LogP contribution in [0.5, 0.6) is 0 Å². The van der Waals surface area contributed by atoms with E-state index in [0.717, 1.165) is 44.4 Å². The summed E-state index contributed by atoms with van der Waals surface area (Å²) in [6, 6.07) is 0.750. The Hall–Kier alpha value is -0.120. The van der Waals surface area contributed by atoms with Crippen molar-refractivity contribution in [1.82, 2.24) is 4.90 Å². The van der Waals surface area contributed by atoms with Gasteiger partial charge in [0.15, 0.2) is 0 Å². The summed E-state index contributed by atoms with van der Waals surface area (Å²) in [5.74, 6) is 0.746. The van der Waals surface area contributed by atoms with Crippen molar-refractivity contribution in [1.29, 1.82) is 0 Å². The van der Waals surface area contributed by atoms with Gasteiger partial charge in [0.25, 0.3) is 0 Å². The lowest BCUT2D eigenvalue weighted by atomic mass is 9.84. The molecular formula is C12H24N2O. The van der Waals surface area contributed by atoms with E-state index < -0.39 is 0 Å². The van der Waals surface area contributed by atoms with Crippen LogP contribution in [0.2, 0.25) is 0 Å². The molecular weight excluding hydrogens is 188 g/mol. The molecule has 88 valence electrons. The van der Waals surface area contributed by atoms with Gasteiger partial charge in [0, 0.05) is 19.1 Å². The van der Waals surface area contributed by atoms with Crippen molar-refractivity contribution in [2.24, 2.45) is 11.7 Å². The first-order valence-corrected chi connectivity index (χ1v) is 6.41. The third kappa shape index (κ3) is 2.92. The van der Waals surface area contributed by atoms with E-state index in [1.54, 1.807) is 0 Å². The lowest BCUT2D eigenvalue weighted by Gasteiger charge is -2.40. The maximum Gasteiger partial charge on any atom is 0.0564 e. The largest absolute Gasteiger partial charge is 0.393 e. The van der Waals surface area contributed by atoms with Gasteiger partial charge in [0.05, 0.1) is 6.10 Å². The minimum atomic E-state index is -0.0462. The van der Waals surface area contributed by atoms with E-state index in [9.17, 15) is 5.11 Å². The molecule has 0 spiro atoms. The summed E-state index contributed by atoms with van der Waals surface area (Å²) >= 11 is 0. The number of nitrogens with two attached hydrogens (primary N) is 1. The maximum absolute atomic E-state index is 9.48. The van der Waals surface area contributed by atoms with E-state index in [2.05, 4.69) is 4.90 Å². The summed E-state index contributed by atoms with van der Waals surface area (Å²) in [6.45, 7) is 3.03. The number of likely N-dealkylation sites (tertiary alicyclic amines) is 1. The van der Waals surface area contributed by atoms with Gasteiger partial charge in [-0.1, -0.05) is 6.42 Å². The highest BCUT2D eigenvalue weighted by molar-refractivity contribution is 4.83. The van der Waals surface area contributed by atoms with E-state index in [1.807, 2.05) is 0 Å². The van der Waals surface area contributed by atoms with Gasteiger partial charge < -0.3 is 15.7 Å². The zero-order valence-electron chi connectivity index (χ0n) is 9.57. The minimum Gasteiger partial charge on any atom is -0.393 e. The molecule has 2 aliphatic rings. The average Bonchev–Trinajstić information content (AvgIpc) is 2.30. The molecule has 0 radical (unpaired) electrons. The molecule has 0 aromatic carbocycles. The normalized spacial score (nSPS) is 35.6. The Labute approximate surface area is 92.6 Å². The van der Waals surface area contributed by atoms with Gasteiger partial charge in [-0.15, -0.1) is 0 Å². The van der Waals surface area contributed by atoms with E-state index >= 15 is 0 Å². The molecule has 0 amide bonds. The predicted octanol–water partition coefficient (Wildman–Crippen LogP) is 0.961. The molecule has 1 saturated heterocycles. The first-order chi connectivity index (χ1) is 7.29. The molecule has 0 aromatic heterocycles. The highest BCUT2D eigenvalue weighted by atomic mass is 16.3. The average molecular weight is 212 g/mol. The molecule has 3 heteroatoms. The molecule has 3 nitrogen and oxygen atoms in total. The van der Waals surface area contributed by atoms with Crippen LogP contribution in [0.25, 0.3) is 0 Å². The van der Waals surface area contributed by atoms with Gasteiger partial charge in [-0.2, -0.15) is 0 Å². The summed E-state index contributed by atoms with van der Waals surface area (Å²) < 4.78 is 0. The molecule has 15 heavy (non-hydrogen) atoms. The monoisotopic (exact) mass is 212 g/mol. The number of rotatable bonds is 2. The van der Waals surface area contributed by atoms with Crippen LogP contribution in [-0.2, 0) is 0 Å². The van der Waals surface area contributed by atoms with E-state index in [0.29, 0.717) is 0 Å². The first kappa shape index (κ1) is 11.4. The molecule has 1 heterocycles. The summed E-state index contributed by atoms with van der Waals surface area (Å²) in [7, 11) is 0. The van der Waals surface area contributed by atoms with E-state index in [1.165, 1.54) is 25.7 Å². The van der Waals surface area contributed by atoms with Crippen molar-refractivity contribution in [2.45, 2.75) is 50.7 Å². The molecule has 2 unspecified atom stereocenters. The molecule has 1 aliphatic heterocycles. The van der Waals surface area contributed by atoms with E-state index in [-0.39, 0.29) is 6.10 Å². The summed E-state index contributed by atoms with van der Waals surface area (Å²) in [5.41, 5.74) is 5.76. The van der Waals surface area contributed by atoms with Crippen LogP contribution in [0.3, 0.4) is 0 Å². The van der Waals surface area contributed by atoms with Crippen LogP contribution in [0.15, 0.2) is 0 Å². The second kappa shape index (κ2) is 5.28. The predicted molar refractivity (Wildman–Crippen MR) is 61.6 cm³/mol. The second-order valence-electron chi connectivity index (χ2n) is 5.19. The fourth-order valence-corrected chi connectivity index (χ4v) is 3.06. The van der Waals surface area contributed by atoms with Crippen LogP contribution in [0, 0.1) is 5.92 Å². The lowest BCUT2D eigenvalue weighted by molar-refractivity contribution is 0.0435. The lowest BCUT2D eigenvalue weighted by Crippen LogP contribution is -2.45. The highest BCUT2D eigenvalue weighted by Gasteiger charge is 2.28. The van der Waals surface area contributed by atoms with Gasteiger partial charge in [-0.05, 0) is 44.6 Å². The number of hydrogen-bond acceptors (Lipinski definition) is 3. The first-order valence-electron chi connectivity index (χ1n) is 6.41. The van der Waals surface area contributed by atoms with Gasteiger partial charge in [-0.3, -0.25) is 0 Å². The van der Waals surface area contributed by atoms with Crippen LogP contribution in [0.4, 0.5) is 0 Å². The number of piperidine rings is 1. The summed E-state index contributed by atoms with van der Waals surface area (Å²) in [6.07, 6.45) is 7.16. The van der Waals surface area contributed by atoms with Crippen LogP contribution in [-0.4, -0.2) is 41.8 Å². The second-order valence-corrected chi connectivity index (χ2v) is 5.19. The van der Waals surface area contributed by atoms with Crippen molar-refractivity contribution in [2.75, 3.05) is 19.6 Å². The quantitative estimate of drug-likeness (QED) is 0.717. The minimum absolute atomic E-state index is 0.0462. The standard InChI is InChI=1S/C12H24N2O/c13-9-10-2-1-3-11(8-10)14-6-4-12(15)5-7-14/h10-12,15H,1-9,13H2. The van der Waals surface area contributed by atoms with Crippen LogP contribution in [0.1, 0.15) is 38.5 Å². The molecule has 2 rings (SSSR count). The van der Waals surface area contributed by atoms with Crippen molar-refractivity contribution in [3.8, 4) is 0 Å². The number of nitrogens with zero attached hydrogens (tertiary/aromatic N) is 1. The van der Waals surface area contributed by atoms with Crippen LogP contribution >= 0.6 is 0 Å². The van der Waals surface area contributed by atoms with Gasteiger partial charge >= 0.3 is 0 Å². The molecule has 3 N–H and O–H groups in total. The van der Waals surface area contributed by atoms with E-state index in [4.69, 9.17) is 5.73 Å². The molecule has 1 saturated carbocycles. The summed E-state index contributed by atoms with van der Waals surface area (Å²) in [5, 5.41) is 9.48. The number of aliphatic hydroxyl groups is 1. The molecule has 2 atom stereocenters. The van der Waals surface area contributed by atoms with Gasteiger partial charge in [0.2, 0.25) is 0 Å². The molecule has 2 fully saturated rings. The van der Waals surface area contributed by atoms with Crippen molar-refractivity contribution in [3.63, 3.8) is 0 Å². The Balaban J connectivity index is 1.82. The van der Waals surface area contributed by atoms with Gasteiger partial charge in [0.1, 0.15) is 0 Å². The van der Waals surface area contributed by atoms with Crippen molar-refractivity contribution < 1.29 is 5.11 Å². The maximum atomic E-state index is 9.48. The van der Waals surface area contributed by atoms with Crippen molar-refractivity contribution in [3.05, 3.63) is 0 Å². The Morgan fingerprint density at radius 2 is 1.87 bits per heavy atom. The topological polar surface area (TPSA) is 49.5 Å². The Kier molecular flexibility index (Phi) is 4.00. The molecule has 0 bridgehead atoms. The zero-order chi connectivity index (χ0) is 10.7. The Morgan fingerprint density at radius 3 is 2.53 bits per heavy atom. The number of hydrogen-bond donors (Lipinski definition) is 2. The Morgan fingerprint density at radius 1 is 1.13 bits per heavy atom. The molecule has 0 aromatic rings. The SMILES string of the molecule is NCC1CCCC(N2CCC(O)CC2)C1. The molecule has 1 aliphatic carbocycles. The highest BCUT2D eigenvalue weighted by Crippen LogP contribution is 2.28. The third-order valence-electron chi connectivity index (χ3n) is 4.10. The number of aliphatic hydroxyl groups excluding tert-OH is 1. The third-order valence-corrected chi connectivity index (χ3v) is 4.10. The van der Waals surface area contributed by atoms with Crippen LogP contribution < -0.4 is 5.73 Å². The van der Waals surface area contributed by atoms with Crippen molar-refractivity contribution >= 4 is 0 Å².